The molecule has 0 unspecified atom stereocenters. The van der Waals surface area contributed by atoms with E-state index in [0.717, 1.165) is 82.6 Å². The molecule has 11 aromatic rings. The fourth-order valence-corrected chi connectivity index (χ4v) is 7.80. The first-order chi connectivity index (χ1) is 24.3. The van der Waals surface area contributed by atoms with Crippen LogP contribution in [0.25, 0.3) is 99.3 Å². The summed E-state index contributed by atoms with van der Waals surface area (Å²) in [7, 11) is 0. The molecule has 0 aliphatic carbocycles. The van der Waals surface area contributed by atoms with Gasteiger partial charge in [-0.1, -0.05) is 109 Å². The Hall–Kier alpha value is -6.72. The molecule has 5 nitrogen and oxygen atoms in total. The molecule has 11 rings (SSSR count). The first-order valence-electron chi connectivity index (χ1n) is 16.5. The normalized spacial score (nSPS) is 12.1. The van der Waals surface area contributed by atoms with Gasteiger partial charge in [0.1, 0.15) is 22.4 Å². The van der Waals surface area contributed by atoms with Gasteiger partial charge in [0.15, 0.2) is 0 Å². The predicted molar refractivity (Wildman–Crippen MR) is 201 cm³/mol. The molecular weight excluding hydrogens is 601 g/mol. The van der Waals surface area contributed by atoms with Gasteiger partial charge in [-0.25, -0.2) is 9.97 Å². The summed E-state index contributed by atoms with van der Waals surface area (Å²) in [5, 5.41) is 7.93. The van der Waals surface area contributed by atoms with E-state index in [9.17, 15) is 0 Å². The van der Waals surface area contributed by atoms with Crippen molar-refractivity contribution in [3.8, 4) is 22.9 Å². The third-order valence-electron chi connectivity index (χ3n) is 9.89. The summed E-state index contributed by atoms with van der Waals surface area (Å²) in [4.78, 5) is 11.0. The van der Waals surface area contributed by atoms with Crippen LogP contribution in [0.5, 0.6) is 0 Å². The van der Waals surface area contributed by atoms with Gasteiger partial charge in [0.05, 0.1) is 22.1 Å². The van der Waals surface area contributed by atoms with E-state index in [1.807, 2.05) is 12.1 Å². The summed E-state index contributed by atoms with van der Waals surface area (Å²) >= 11 is 0. The maximum absolute atomic E-state index is 6.34. The Kier molecular flexibility index (Phi) is 5.32. The van der Waals surface area contributed by atoms with Crippen LogP contribution in [0.3, 0.4) is 0 Å². The van der Waals surface area contributed by atoms with Gasteiger partial charge in [-0.3, -0.25) is 4.57 Å². The lowest BCUT2D eigenvalue weighted by molar-refractivity contribution is 0.669. The average Bonchev–Trinajstić information content (AvgIpc) is 3.81. The number of nitrogens with zero attached hydrogens (tertiary/aromatic N) is 4. The quantitative estimate of drug-likeness (QED) is 0.196. The Morgan fingerprint density at radius 2 is 1.14 bits per heavy atom. The molecule has 7 aromatic carbocycles. The number of fused-ring (bicyclic) bond motifs is 11. The largest absolute Gasteiger partial charge is 0.456 e. The van der Waals surface area contributed by atoms with E-state index in [1.165, 1.54) is 10.8 Å². The van der Waals surface area contributed by atoms with Crippen molar-refractivity contribution in [3.05, 3.63) is 158 Å². The first kappa shape index (κ1) is 26.4. The zero-order valence-electron chi connectivity index (χ0n) is 26.2. The van der Waals surface area contributed by atoms with Gasteiger partial charge in [-0.15, -0.1) is 0 Å². The first-order valence-corrected chi connectivity index (χ1v) is 16.5. The molecule has 0 radical (unpaired) electrons. The zero-order valence-corrected chi connectivity index (χ0v) is 26.2. The van der Waals surface area contributed by atoms with Gasteiger partial charge in [-0.2, -0.15) is 0 Å². The molecule has 0 aliphatic heterocycles. The van der Waals surface area contributed by atoms with Crippen molar-refractivity contribution in [2.45, 2.75) is 0 Å². The molecular formula is C44H26N4O. The molecule has 228 valence electrons. The Morgan fingerprint density at radius 3 is 1.98 bits per heavy atom. The summed E-state index contributed by atoms with van der Waals surface area (Å²) in [6.07, 6.45) is 0. The van der Waals surface area contributed by atoms with Crippen molar-refractivity contribution in [1.82, 2.24) is 19.1 Å². The van der Waals surface area contributed by atoms with E-state index in [0.29, 0.717) is 5.95 Å². The second-order valence-electron chi connectivity index (χ2n) is 12.6. The van der Waals surface area contributed by atoms with Gasteiger partial charge in [0, 0.05) is 38.2 Å². The van der Waals surface area contributed by atoms with Gasteiger partial charge >= 0.3 is 0 Å². The zero-order chi connectivity index (χ0) is 32.1. The summed E-state index contributed by atoms with van der Waals surface area (Å²) in [5.41, 5.74) is 9.80. The minimum atomic E-state index is 0.630. The molecule has 4 aromatic heterocycles. The standard InChI is InChI=1S/C44H26N4O/c1-3-13-27(14-4-1)41-43-42(33-25-28-15-7-8-16-29(28)26-36(33)47(43)30-17-5-2-6-18-30)46-44(45-41)48-34-21-11-9-19-31(34)39-35(48)23-24-38-40(39)32-20-10-12-22-37(32)49-38/h1-26H. The van der Waals surface area contributed by atoms with Crippen molar-refractivity contribution >= 4 is 76.5 Å². The highest BCUT2D eigenvalue weighted by molar-refractivity contribution is 6.27. The van der Waals surface area contributed by atoms with E-state index < -0.39 is 0 Å². The summed E-state index contributed by atoms with van der Waals surface area (Å²) in [6.45, 7) is 0. The van der Waals surface area contributed by atoms with Gasteiger partial charge in [0.25, 0.3) is 0 Å². The highest BCUT2D eigenvalue weighted by Crippen LogP contribution is 2.43. The third-order valence-corrected chi connectivity index (χ3v) is 9.89. The van der Waals surface area contributed by atoms with Crippen LogP contribution in [0.2, 0.25) is 0 Å². The maximum atomic E-state index is 6.34. The molecule has 0 atom stereocenters. The molecule has 0 N–H and O–H groups in total. The minimum absolute atomic E-state index is 0.630. The number of hydrogen-bond donors (Lipinski definition) is 0. The Morgan fingerprint density at radius 1 is 0.449 bits per heavy atom. The number of para-hydroxylation sites is 3. The minimum Gasteiger partial charge on any atom is -0.456 e. The number of hydrogen-bond acceptors (Lipinski definition) is 3. The molecule has 0 saturated carbocycles. The fourth-order valence-electron chi connectivity index (χ4n) is 7.80. The molecule has 0 aliphatic rings. The number of aromatic nitrogens is 4. The Bertz CT molecular complexity index is 3100. The summed E-state index contributed by atoms with van der Waals surface area (Å²) in [6, 6.07) is 55.2. The molecule has 5 heteroatoms. The second kappa shape index (κ2) is 9.89. The molecule has 0 fully saturated rings. The van der Waals surface area contributed by atoms with Crippen LogP contribution in [-0.2, 0) is 0 Å². The smallest absolute Gasteiger partial charge is 0.235 e. The van der Waals surface area contributed by atoms with Crippen molar-refractivity contribution in [1.29, 1.82) is 0 Å². The van der Waals surface area contributed by atoms with Crippen molar-refractivity contribution < 1.29 is 4.42 Å². The topological polar surface area (TPSA) is 48.8 Å². The Labute approximate surface area is 279 Å². The molecule has 0 saturated heterocycles. The van der Waals surface area contributed by atoms with Crippen molar-refractivity contribution in [2.75, 3.05) is 0 Å². The lowest BCUT2D eigenvalue weighted by atomic mass is 10.1. The van der Waals surface area contributed by atoms with Crippen LogP contribution in [0.15, 0.2) is 162 Å². The fraction of sp³-hybridized carbons (Fsp3) is 0. The van der Waals surface area contributed by atoms with Crippen LogP contribution >= 0.6 is 0 Å². The highest BCUT2D eigenvalue weighted by atomic mass is 16.3. The van der Waals surface area contributed by atoms with E-state index >= 15 is 0 Å². The van der Waals surface area contributed by atoms with E-state index in [1.54, 1.807) is 0 Å². The van der Waals surface area contributed by atoms with Crippen LogP contribution in [0.4, 0.5) is 0 Å². The van der Waals surface area contributed by atoms with Gasteiger partial charge < -0.3 is 8.98 Å². The number of benzene rings is 7. The van der Waals surface area contributed by atoms with E-state index in [-0.39, 0.29) is 0 Å². The third kappa shape index (κ3) is 3.70. The van der Waals surface area contributed by atoms with Crippen LogP contribution < -0.4 is 0 Å². The lowest BCUT2D eigenvalue weighted by Crippen LogP contribution is -2.04. The second-order valence-corrected chi connectivity index (χ2v) is 12.6. The molecule has 4 heterocycles. The van der Waals surface area contributed by atoms with Crippen LogP contribution in [0.1, 0.15) is 0 Å². The van der Waals surface area contributed by atoms with Crippen molar-refractivity contribution in [3.63, 3.8) is 0 Å². The predicted octanol–water partition coefficient (Wildman–Crippen LogP) is 11.4. The molecule has 0 bridgehead atoms. The number of rotatable bonds is 3. The summed E-state index contributed by atoms with van der Waals surface area (Å²) in [5.74, 6) is 0.630. The molecule has 49 heavy (non-hydrogen) atoms. The average molecular weight is 627 g/mol. The van der Waals surface area contributed by atoms with Gasteiger partial charge in [-0.05, 0) is 59.3 Å². The number of furan rings is 1. The van der Waals surface area contributed by atoms with E-state index in [2.05, 4.69) is 155 Å². The lowest BCUT2D eigenvalue weighted by Gasteiger charge is -2.13. The highest BCUT2D eigenvalue weighted by Gasteiger charge is 2.24. The van der Waals surface area contributed by atoms with Gasteiger partial charge in [0.2, 0.25) is 5.95 Å². The van der Waals surface area contributed by atoms with Crippen molar-refractivity contribution in [2.24, 2.45) is 0 Å². The van der Waals surface area contributed by atoms with Crippen LogP contribution in [-0.4, -0.2) is 19.1 Å². The summed E-state index contributed by atoms with van der Waals surface area (Å²) < 4.78 is 10.9. The SMILES string of the molecule is c1ccc(-c2nc(-n3c4ccccc4c4c5c(ccc43)oc3ccccc35)nc3c4cc5ccccc5cc4n(-c4ccccc4)c23)cc1. The Balaban J connectivity index is 1.34. The maximum Gasteiger partial charge on any atom is 0.235 e. The molecule has 0 spiro atoms. The van der Waals surface area contributed by atoms with E-state index in [4.69, 9.17) is 14.4 Å². The van der Waals surface area contributed by atoms with Crippen LogP contribution in [0, 0.1) is 0 Å². The monoisotopic (exact) mass is 626 g/mol. The molecule has 0 amide bonds.